The number of rotatable bonds is 8. The van der Waals surface area contributed by atoms with Crippen LogP contribution in [0.15, 0.2) is 83.1 Å². The summed E-state index contributed by atoms with van der Waals surface area (Å²) in [5, 5.41) is 2.66. The number of carbonyl (C=O) groups is 2. The Hall–Kier alpha value is -3.87. The van der Waals surface area contributed by atoms with Crippen LogP contribution in [0.5, 0.6) is 5.75 Å². The van der Waals surface area contributed by atoms with Crippen molar-refractivity contribution in [1.82, 2.24) is 10.2 Å². The third-order valence-electron chi connectivity index (χ3n) is 4.20. The zero-order valence-corrected chi connectivity index (χ0v) is 16.4. The van der Waals surface area contributed by atoms with Gasteiger partial charge < -0.3 is 19.4 Å². The Labute approximate surface area is 173 Å². The third-order valence-corrected chi connectivity index (χ3v) is 4.20. The Morgan fingerprint density at radius 1 is 1.07 bits per heavy atom. The Kier molecular flexibility index (Phi) is 7.00. The van der Waals surface area contributed by atoms with E-state index >= 15 is 0 Å². The van der Waals surface area contributed by atoms with Crippen molar-refractivity contribution in [2.75, 3.05) is 20.2 Å². The van der Waals surface area contributed by atoms with Crippen molar-refractivity contribution >= 4 is 17.9 Å². The van der Waals surface area contributed by atoms with Crippen molar-refractivity contribution in [1.29, 1.82) is 0 Å². The Balaban J connectivity index is 1.66. The van der Waals surface area contributed by atoms with Gasteiger partial charge in [-0.1, -0.05) is 18.2 Å². The first-order valence-electron chi connectivity index (χ1n) is 9.28. The van der Waals surface area contributed by atoms with E-state index in [1.54, 1.807) is 49.5 Å². The molecule has 7 heteroatoms. The van der Waals surface area contributed by atoms with Gasteiger partial charge in [-0.2, -0.15) is 0 Å². The lowest BCUT2D eigenvalue weighted by molar-refractivity contribution is -0.126. The summed E-state index contributed by atoms with van der Waals surface area (Å²) < 4.78 is 23.8. The van der Waals surface area contributed by atoms with E-state index in [1.807, 2.05) is 0 Å². The first kappa shape index (κ1) is 20.9. The highest BCUT2D eigenvalue weighted by atomic mass is 19.1. The molecular weight excluding hydrogens is 387 g/mol. The molecule has 0 fully saturated rings. The molecule has 0 aliphatic rings. The van der Waals surface area contributed by atoms with Gasteiger partial charge >= 0.3 is 0 Å². The molecule has 2 aromatic carbocycles. The number of ether oxygens (including phenoxy) is 1. The third kappa shape index (κ3) is 5.81. The van der Waals surface area contributed by atoms with Gasteiger partial charge in [0.1, 0.15) is 29.6 Å². The normalized spacial score (nSPS) is 11.1. The van der Waals surface area contributed by atoms with Crippen LogP contribution in [0.1, 0.15) is 16.1 Å². The van der Waals surface area contributed by atoms with E-state index in [4.69, 9.17) is 9.15 Å². The quantitative estimate of drug-likeness (QED) is 0.577. The number of furan rings is 1. The smallest absolute Gasteiger partial charge is 0.270 e. The second-order valence-corrected chi connectivity index (χ2v) is 6.42. The van der Waals surface area contributed by atoms with Crippen LogP contribution in [0, 0.1) is 5.82 Å². The minimum Gasteiger partial charge on any atom is -0.492 e. The van der Waals surface area contributed by atoms with Gasteiger partial charge in [-0.3, -0.25) is 9.59 Å². The summed E-state index contributed by atoms with van der Waals surface area (Å²) in [6.07, 6.45) is 2.95. The molecule has 0 aliphatic heterocycles. The highest BCUT2D eigenvalue weighted by molar-refractivity contribution is 6.05. The van der Waals surface area contributed by atoms with E-state index in [1.165, 1.54) is 41.5 Å². The fraction of sp³-hybridized carbons (Fsp3) is 0.130. The molecule has 0 atom stereocenters. The van der Waals surface area contributed by atoms with Crippen LogP contribution in [0.3, 0.4) is 0 Å². The van der Waals surface area contributed by atoms with Gasteiger partial charge in [-0.25, -0.2) is 4.39 Å². The second kappa shape index (κ2) is 10.1. The summed E-state index contributed by atoms with van der Waals surface area (Å²) in [4.78, 5) is 26.9. The minimum atomic E-state index is -0.405. The molecule has 3 rings (SSSR count). The van der Waals surface area contributed by atoms with Gasteiger partial charge in [0.25, 0.3) is 11.8 Å². The minimum absolute atomic E-state index is 0.0723. The molecule has 154 valence electrons. The first-order chi connectivity index (χ1) is 14.5. The van der Waals surface area contributed by atoms with Crippen molar-refractivity contribution in [3.8, 4) is 5.75 Å². The maximum Gasteiger partial charge on any atom is 0.270 e. The highest BCUT2D eigenvalue weighted by Gasteiger charge is 2.19. The van der Waals surface area contributed by atoms with Gasteiger partial charge in [-0.05, 0) is 48.5 Å². The average Bonchev–Trinajstić information content (AvgIpc) is 3.28. The van der Waals surface area contributed by atoms with Gasteiger partial charge in [-0.15, -0.1) is 0 Å². The number of carbonyl (C=O) groups excluding carboxylic acids is 2. The second-order valence-electron chi connectivity index (χ2n) is 6.42. The summed E-state index contributed by atoms with van der Waals surface area (Å²) in [7, 11) is 1.60. The van der Waals surface area contributed by atoms with E-state index in [0.717, 1.165) is 0 Å². The summed E-state index contributed by atoms with van der Waals surface area (Å²) >= 11 is 0. The van der Waals surface area contributed by atoms with Crippen molar-refractivity contribution in [3.63, 3.8) is 0 Å². The fourth-order valence-electron chi connectivity index (χ4n) is 2.59. The number of hydrogen-bond acceptors (Lipinski definition) is 4. The van der Waals surface area contributed by atoms with Crippen LogP contribution in [-0.4, -0.2) is 36.9 Å². The van der Waals surface area contributed by atoms with Gasteiger partial charge in [0.15, 0.2) is 0 Å². The predicted molar refractivity (Wildman–Crippen MR) is 110 cm³/mol. The Morgan fingerprint density at radius 3 is 2.47 bits per heavy atom. The molecule has 1 aromatic heterocycles. The lowest BCUT2D eigenvalue weighted by atomic mass is 10.2. The van der Waals surface area contributed by atoms with Crippen LogP contribution in [0.4, 0.5) is 4.39 Å². The number of amides is 2. The van der Waals surface area contributed by atoms with E-state index in [2.05, 4.69) is 5.32 Å². The predicted octanol–water partition coefficient (Wildman–Crippen LogP) is 3.73. The Bertz CT molecular complexity index is 999. The monoisotopic (exact) mass is 408 g/mol. The van der Waals surface area contributed by atoms with Crippen molar-refractivity contribution in [2.24, 2.45) is 0 Å². The number of hydrogen-bond donors (Lipinski definition) is 1. The topological polar surface area (TPSA) is 71.8 Å². The average molecular weight is 408 g/mol. The molecule has 1 heterocycles. The van der Waals surface area contributed by atoms with Gasteiger partial charge in [0.2, 0.25) is 0 Å². The fourth-order valence-corrected chi connectivity index (χ4v) is 2.59. The zero-order valence-electron chi connectivity index (χ0n) is 16.4. The molecule has 0 bridgehead atoms. The highest BCUT2D eigenvalue weighted by Crippen LogP contribution is 2.12. The van der Waals surface area contributed by atoms with Gasteiger partial charge in [0.05, 0.1) is 12.8 Å². The van der Waals surface area contributed by atoms with E-state index in [-0.39, 0.29) is 24.7 Å². The van der Waals surface area contributed by atoms with Crippen LogP contribution >= 0.6 is 0 Å². The van der Waals surface area contributed by atoms with Crippen molar-refractivity contribution < 1.29 is 23.1 Å². The van der Waals surface area contributed by atoms with E-state index in [9.17, 15) is 14.0 Å². The number of likely N-dealkylation sites (N-methyl/N-ethyl adjacent to an activating group) is 1. The standard InChI is InChI=1S/C23H21FN2O4/c1-26(13-15-30-19-11-9-18(24)10-12-19)23(28)21(16-20-8-5-14-29-20)25-22(27)17-6-3-2-4-7-17/h2-12,14,16H,13,15H2,1H3,(H,25,27)/b21-16-. The molecule has 0 radical (unpaired) electrons. The molecule has 3 aromatic rings. The van der Waals surface area contributed by atoms with Gasteiger partial charge in [0, 0.05) is 18.7 Å². The molecular formula is C23H21FN2O4. The molecule has 0 unspecified atom stereocenters. The molecule has 2 amide bonds. The summed E-state index contributed by atoms with van der Waals surface area (Å²) in [6.45, 7) is 0.460. The van der Waals surface area contributed by atoms with Crippen LogP contribution in [0.2, 0.25) is 0 Å². The first-order valence-corrected chi connectivity index (χ1v) is 9.28. The number of halogens is 1. The molecule has 30 heavy (non-hydrogen) atoms. The summed E-state index contributed by atoms with van der Waals surface area (Å²) in [5.74, 6) is -0.226. The SMILES string of the molecule is CN(CCOc1ccc(F)cc1)C(=O)/C(=C/c1ccco1)NC(=O)c1ccccc1. The summed E-state index contributed by atoms with van der Waals surface area (Å²) in [6, 6.07) is 17.6. The van der Waals surface area contributed by atoms with E-state index in [0.29, 0.717) is 17.1 Å². The van der Waals surface area contributed by atoms with Crippen molar-refractivity contribution in [2.45, 2.75) is 0 Å². The Morgan fingerprint density at radius 2 is 1.80 bits per heavy atom. The molecule has 6 nitrogen and oxygen atoms in total. The maximum atomic E-state index is 13.0. The lowest BCUT2D eigenvalue weighted by Gasteiger charge is -2.19. The zero-order chi connectivity index (χ0) is 21.3. The van der Waals surface area contributed by atoms with Crippen molar-refractivity contribution in [3.05, 3.63) is 95.8 Å². The molecule has 0 aliphatic carbocycles. The number of benzene rings is 2. The molecule has 0 spiro atoms. The number of nitrogens with one attached hydrogen (secondary N) is 1. The van der Waals surface area contributed by atoms with E-state index < -0.39 is 11.8 Å². The van der Waals surface area contributed by atoms with Crippen LogP contribution in [-0.2, 0) is 4.79 Å². The number of nitrogens with zero attached hydrogens (tertiary/aromatic N) is 1. The van der Waals surface area contributed by atoms with Crippen LogP contribution in [0.25, 0.3) is 6.08 Å². The van der Waals surface area contributed by atoms with Crippen LogP contribution < -0.4 is 10.1 Å². The molecule has 0 saturated heterocycles. The lowest BCUT2D eigenvalue weighted by Crippen LogP contribution is -2.38. The molecule has 0 saturated carbocycles. The largest absolute Gasteiger partial charge is 0.492 e. The maximum absolute atomic E-state index is 13.0. The summed E-state index contributed by atoms with van der Waals surface area (Å²) in [5.41, 5.74) is 0.501. The molecule has 1 N–H and O–H groups in total.